The monoisotopic (exact) mass is 370 g/mol. The molecular formula is C19H18N2O4S. The summed E-state index contributed by atoms with van der Waals surface area (Å²) in [7, 11) is 3.22. The molecule has 0 amide bonds. The quantitative estimate of drug-likeness (QED) is 0.642. The summed E-state index contributed by atoms with van der Waals surface area (Å²) in [5, 5.41) is 0.915. The van der Waals surface area contributed by atoms with Crippen LogP contribution in [0.5, 0.6) is 11.5 Å². The Morgan fingerprint density at radius 2 is 1.96 bits per heavy atom. The van der Waals surface area contributed by atoms with Crippen molar-refractivity contribution >= 4 is 32.7 Å². The van der Waals surface area contributed by atoms with E-state index in [4.69, 9.17) is 14.2 Å². The fourth-order valence-electron chi connectivity index (χ4n) is 2.85. The topological polar surface area (TPSA) is 60.9 Å². The second-order valence-electron chi connectivity index (χ2n) is 5.97. The largest absolute Gasteiger partial charge is 0.497 e. The van der Waals surface area contributed by atoms with Crippen molar-refractivity contribution in [2.45, 2.75) is 6.10 Å². The Kier molecular flexibility index (Phi) is 4.38. The number of carbonyl (C=O) groups excluding carboxylic acids is 1. The number of ether oxygens (including phenoxy) is 3. The highest BCUT2D eigenvalue weighted by Gasteiger charge is 2.32. The number of esters is 1. The van der Waals surface area contributed by atoms with Crippen LogP contribution in [0, 0.1) is 0 Å². The molecule has 6 nitrogen and oxygen atoms in total. The minimum Gasteiger partial charge on any atom is -0.497 e. The van der Waals surface area contributed by atoms with Crippen LogP contribution < -0.4 is 14.4 Å². The van der Waals surface area contributed by atoms with E-state index in [1.165, 1.54) is 0 Å². The van der Waals surface area contributed by atoms with Gasteiger partial charge in [-0.2, -0.15) is 0 Å². The molecule has 134 valence electrons. The predicted octanol–water partition coefficient (Wildman–Crippen LogP) is 3.36. The van der Waals surface area contributed by atoms with Crippen molar-refractivity contribution in [2.75, 3.05) is 32.2 Å². The lowest BCUT2D eigenvalue weighted by Gasteiger charge is -2.38. The van der Waals surface area contributed by atoms with Crippen LogP contribution in [0.3, 0.4) is 0 Å². The molecule has 1 aliphatic rings. The number of anilines is 1. The zero-order valence-corrected chi connectivity index (χ0v) is 15.3. The number of hydrogen-bond donors (Lipinski definition) is 0. The maximum absolute atomic E-state index is 12.3. The molecule has 4 rings (SSSR count). The van der Waals surface area contributed by atoms with Gasteiger partial charge in [0.05, 0.1) is 37.6 Å². The predicted molar refractivity (Wildman–Crippen MR) is 101 cm³/mol. The smallest absolute Gasteiger partial charge is 0.338 e. The van der Waals surface area contributed by atoms with Crippen molar-refractivity contribution in [1.29, 1.82) is 0 Å². The molecule has 0 unspecified atom stereocenters. The van der Waals surface area contributed by atoms with Gasteiger partial charge in [0.1, 0.15) is 23.1 Å². The molecule has 2 heterocycles. The maximum Gasteiger partial charge on any atom is 0.338 e. The normalized spacial score (nSPS) is 14.2. The van der Waals surface area contributed by atoms with Gasteiger partial charge in [-0.1, -0.05) is 23.5 Å². The number of benzene rings is 2. The van der Waals surface area contributed by atoms with Gasteiger partial charge in [0, 0.05) is 0 Å². The van der Waals surface area contributed by atoms with Gasteiger partial charge in [-0.25, -0.2) is 9.78 Å². The van der Waals surface area contributed by atoms with Crippen LogP contribution in [0.2, 0.25) is 0 Å². The summed E-state index contributed by atoms with van der Waals surface area (Å²) >= 11 is 1.61. The number of nitrogens with zero attached hydrogens (tertiary/aromatic N) is 2. The van der Waals surface area contributed by atoms with Crippen LogP contribution in [0.25, 0.3) is 10.2 Å². The molecule has 0 atom stereocenters. The zero-order valence-electron chi connectivity index (χ0n) is 14.5. The van der Waals surface area contributed by atoms with Gasteiger partial charge in [-0.15, -0.1) is 0 Å². The van der Waals surface area contributed by atoms with E-state index in [0.717, 1.165) is 21.1 Å². The van der Waals surface area contributed by atoms with E-state index in [0.29, 0.717) is 24.4 Å². The second kappa shape index (κ2) is 6.84. The summed E-state index contributed by atoms with van der Waals surface area (Å²) in [6.07, 6.45) is -0.136. The van der Waals surface area contributed by atoms with Gasteiger partial charge >= 0.3 is 5.97 Å². The van der Waals surface area contributed by atoms with Crippen LogP contribution in [-0.4, -0.2) is 44.4 Å². The average molecular weight is 370 g/mol. The van der Waals surface area contributed by atoms with Crippen LogP contribution in [0.15, 0.2) is 42.5 Å². The van der Waals surface area contributed by atoms with E-state index >= 15 is 0 Å². The summed E-state index contributed by atoms with van der Waals surface area (Å²) in [4.78, 5) is 19.0. The van der Waals surface area contributed by atoms with Gasteiger partial charge in [-0.05, 0) is 30.3 Å². The summed E-state index contributed by atoms with van der Waals surface area (Å²) in [5.41, 5.74) is 1.36. The number of thiazole rings is 1. The van der Waals surface area contributed by atoms with Crippen LogP contribution in [0.1, 0.15) is 10.4 Å². The Morgan fingerprint density at radius 1 is 1.15 bits per heavy atom. The first-order chi connectivity index (χ1) is 12.7. The highest BCUT2D eigenvalue weighted by Crippen LogP contribution is 2.36. The lowest BCUT2D eigenvalue weighted by atomic mass is 10.1. The van der Waals surface area contributed by atoms with Gasteiger partial charge in [-0.3, -0.25) is 0 Å². The number of para-hydroxylation sites is 1. The third-order valence-electron chi connectivity index (χ3n) is 4.29. The second-order valence-corrected chi connectivity index (χ2v) is 6.98. The third kappa shape index (κ3) is 3.06. The molecule has 2 aromatic carbocycles. The first kappa shape index (κ1) is 16.7. The van der Waals surface area contributed by atoms with E-state index in [1.54, 1.807) is 49.8 Å². The molecule has 0 radical (unpaired) electrons. The molecule has 1 aromatic heterocycles. The number of carbonyl (C=O) groups is 1. The summed E-state index contributed by atoms with van der Waals surface area (Å²) in [5.74, 6) is 1.07. The molecule has 26 heavy (non-hydrogen) atoms. The van der Waals surface area contributed by atoms with Crippen molar-refractivity contribution in [3.8, 4) is 11.5 Å². The van der Waals surface area contributed by atoms with Crippen LogP contribution in [0.4, 0.5) is 5.13 Å². The number of methoxy groups -OCH3 is 2. The molecule has 7 heteroatoms. The van der Waals surface area contributed by atoms with Crippen molar-refractivity contribution < 1.29 is 19.0 Å². The first-order valence-corrected chi connectivity index (χ1v) is 9.03. The molecule has 0 N–H and O–H groups in total. The number of rotatable bonds is 5. The Morgan fingerprint density at radius 3 is 2.73 bits per heavy atom. The summed E-state index contributed by atoms with van der Waals surface area (Å²) in [6, 6.07) is 12.9. The number of hydrogen-bond acceptors (Lipinski definition) is 7. The molecule has 0 spiro atoms. The molecule has 1 saturated heterocycles. The molecule has 0 aliphatic carbocycles. The van der Waals surface area contributed by atoms with E-state index in [1.807, 2.05) is 18.2 Å². The maximum atomic E-state index is 12.3. The highest BCUT2D eigenvalue weighted by atomic mass is 32.1. The minimum absolute atomic E-state index is 0.136. The fourth-order valence-corrected chi connectivity index (χ4v) is 3.85. The Labute approximate surface area is 154 Å². The average Bonchev–Trinajstić information content (AvgIpc) is 3.07. The lowest BCUT2D eigenvalue weighted by molar-refractivity contribution is 0.0234. The van der Waals surface area contributed by atoms with Gasteiger partial charge in [0.15, 0.2) is 5.13 Å². The van der Waals surface area contributed by atoms with Crippen LogP contribution >= 0.6 is 11.3 Å². The van der Waals surface area contributed by atoms with Gasteiger partial charge < -0.3 is 19.1 Å². The van der Waals surface area contributed by atoms with Crippen molar-refractivity contribution in [2.24, 2.45) is 0 Å². The van der Waals surface area contributed by atoms with Crippen molar-refractivity contribution in [1.82, 2.24) is 4.98 Å². The molecular weight excluding hydrogens is 352 g/mol. The Balaban J connectivity index is 1.40. The SMILES string of the molecule is COc1cccc(C(=O)OC2CN(c3nc4c(OC)cccc4s3)C2)c1. The third-order valence-corrected chi connectivity index (χ3v) is 5.37. The Hall–Kier alpha value is -2.80. The zero-order chi connectivity index (χ0) is 18.1. The first-order valence-electron chi connectivity index (χ1n) is 8.21. The molecule has 0 saturated carbocycles. The molecule has 1 aliphatic heterocycles. The molecule has 3 aromatic rings. The number of aromatic nitrogens is 1. The van der Waals surface area contributed by atoms with Crippen LogP contribution in [-0.2, 0) is 4.74 Å². The Bertz CT molecular complexity index is 950. The van der Waals surface area contributed by atoms with E-state index in [2.05, 4.69) is 9.88 Å². The summed E-state index contributed by atoms with van der Waals surface area (Å²) in [6.45, 7) is 1.27. The van der Waals surface area contributed by atoms with Gasteiger partial charge in [0.2, 0.25) is 0 Å². The van der Waals surface area contributed by atoms with Crippen molar-refractivity contribution in [3.05, 3.63) is 48.0 Å². The molecule has 1 fully saturated rings. The lowest BCUT2D eigenvalue weighted by Crippen LogP contribution is -2.53. The van der Waals surface area contributed by atoms with Gasteiger partial charge in [0.25, 0.3) is 0 Å². The minimum atomic E-state index is -0.334. The number of fused-ring (bicyclic) bond motifs is 1. The summed E-state index contributed by atoms with van der Waals surface area (Å²) < 4.78 is 17.1. The molecule has 0 bridgehead atoms. The van der Waals surface area contributed by atoms with E-state index < -0.39 is 0 Å². The fraction of sp³-hybridized carbons (Fsp3) is 0.263. The standard InChI is InChI=1S/C19H18N2O4S/c1-23-13-6-3-5-12(9-13)18(22)25-14-10-21(11-14)19-20-17-15(24-2)7-4-8-16(17)26-19/h3-9,14H,10-11H2,1-2H3. The highest BCUT2D eigenvalue weighted by molar-refractivity contribution is 7.22. The van der Waals surface area contributed by atoms with E-state index in [9.17, 15) is 4.79 Å². The van der Waals surface area contributed by atoms with E-state index in [-0.39, 0.29) is 12.1 Å². The van der Waals surface area contributed by atoms with Crippen molar-refractivity contribution in [3.63, 3.8) is 0 Å².